The van der Waals surface area contributed by atoms with E-state index in [0.717, 1.165) is 17.4 Å². The first-order chi connectivity index (χ1) is 7.06. The topological polar surface area (TPSA) is 29.5 Å². The smallest absolute Gasteiger partial charge is 0.319 e. The molecule has 0 aromatic carbocycles. The summed E-state index contributed by atoms with van der Waals surface area (Å²) < 4.78 is 5.68. The molecule has 1 unspecified atom stereocenters. The first-order valence-corrected chi connectivity index (χ1v) is 6.47. The largest absolute Gasteiger partial charge is 0.465 e. The lowest BCUT2D eigenvalue weighted by molar-refractivity contribution is -0.142. The monoisotopic (exact) mass is 249 g/mol. The highest BCUT2D eigenvalue weighted by molar-refractivity contribution is 8.23. The molecule has 0 aromatic heterocycles. The normalized spacial score (nSPS) is 12.0. The zero-order valence-electron chi connectivity index (χ0n) is 9.78. The molecular weight excluding hydrogens is 230 g/mol. The Hall–Kier alpha value is -0.290. The van der Waals surface area contributed by atoms with Gasteiger partial charge in [0.1, 0.15) is 9.57 Å². The van der Waals surface area contributed by atoms with Crippen molar-refractivity contribution in [2.24, 2.45) is 0 Å². The van der Waals surface area contributed by atoms with Crippen LogP contribution < -0.4 is 0 Å². The van der Waals surface area contributed by atoms with Crippen LogP contribution in [0.25, 0.3) is 0 Å². The Morgan fingerprint density at radius 1 is 1.40 bits per heavy atom. The lowest BCUT2D eigenvalue weighted by atomic mass is 10.5. The third kappa shape index (κ3) is 5.37. The Bertz CT molecular complexity index is 217. The quantitative estimate of drug-likeness (QED) is 0.551. The summed E-state index contributed by atoms with van der Waals surface area (Å²) in [4.78, 5) is 13.4. The minimum atomic E-state index is -0.224. The van der Waals surface area contributed by atoms with E-state index in [2.05, 4.69) is 4.90 Å². The molecule has 0 radical (unpaired) electrons. The predicted octanol–water partition coefficient (Wildman–Crippen LogP) is 2.30. The van der Waals surface area contributed by atoms with Gasteiger partial charge in [0, 0.05) is 13.1 Å². The van der Waals surface area contributed by atoms with E-state index in [1.807, 2.05) is 20.8 Å². The number of thioether (sulfide) groups is 1. The van der Waals surface area contributed by atoms with Crippen LogP contribution in [0.4, 0.5) is 0 Å². The van der Waals surface area contributed by atoms with Gasteiger partial charge in [0.2, 0.25) is 0 Å². The molecule has 88 valence electrons. The number of esters is 1. The van der Waals surface area contributed by atoms with Crippen molar-refractivity contribution < 1.29 is 9.53 Å². The standard InChI is InChI=1S/C10H19NO2S2/c1-5-11(6-2)10(14)15-8(4)9(12)13-7-3/h8H,5-7H2,1-4H3. The summed E-state index contributed by atoms with van der Waals surface area (Å²) in [5.41, 5.74) is 0. The molecule has 0 fully saturated rings. The van der Waals surface area contributed by atoms with Crippen LogP contribution in [-0.4, -0.2) is 40.1 Å². The van der Waals surface area contributed by atoms with Crippen molar-refractivity contribution >= 4 is 34.3 Å². The van der Waals surface area contributed by atoms with E-state index >= 15 is 0 Å². The lowest BCUT2D eigenvalue weighted by Gasteiger charge is -2.22. The van der Waals surface area contributed by atoms with E-state index in [4.69, 9.17) is 17.0 Å². The van der Waals surface area contributed by atoms with Gasteiger partial charge >= 0.3 is 5.97 Å². The Morgan fingerprint density at radius 2 is 1.93 bits per heavy atom. The Morgan fingerprint density at radius 3 is 2.33 bits per heavy atom. The minimum Gasteiger partial charge on any atom is -0.465 e. The highest BCUT2D eigenvalue weighted by Gasteiger charge is 2.18. The summed E-state index contributed by atoms with van der Waals surface area (Å²) in [6.45, 7) is 9.88. The van der Waals surface area contributed by atoms with Crippen molar-refractivity contribution in [1.29, 1.82) is 0 Å². The fourth-order valence-electron chi connectivity index (χ4n) is 1.02. The summed E-state index contributed by atoms with van der Waals surface area (Å²) in [6.07, 6.45) is 0. The second kappa shape index (κ2) is 7.93. The maximum absolute atomic E-state index is 11.4. The Kier molecular flexibility index (Phi) is 7.78. The van der Waals surface area contributed by atoms with Crippen LogP contribution in [0.15, 0.2) is 0 Å². The average molecular weight is 249 g/mol. The molecule has 0 saturated carbocycles. The molecule has 0 heterocycles. The average Bonchev–Trinajstić information content (AvgIpc) is 2.19. The van der Waals surface area contributed by atoms with Gasteiger partial charge in [-0.25, -0.2) is 0 Å². The first-order valence-electron chi connectivity index (χ1n) is 5.18. The molecule has 0 aromatic rings. The molecule has 15 heavy (non-hydrogen) atoms. The van der Waals surface area contributed by atoms with E-state index < -0.39 is 0 Å². The maximum Gasteiger partial charge on any atom is 0.319 e. The predicted molar refractivity (Wildman–Crippen MR) is 69.2 cm³/mol. The van der Waals surface area contributed by atoms with Gasteiger partial charge in [0.25, 0.3) is 0 Å². The van der Waals surface area contributed by atoms with Crippen LogP contribution in [0.2, 0.25) is 0 Å². The molecule has 0 amide bonds. The fraction of sp³-hybridized carbons (Fsp3) is 0.800. The van der Waals surface area contributed by atoms with Crippen LogP contribution in [0.3, 0.4) is 0 Å². The fourth-order valence-corrected chi connectivity index (χ4v) is 2.58. The van der Waals surface area contributed by atoms with Crippen LogP contribution in [0.1, 0.15) is 27.7 Å². The molecular formula is C10H19NO2S2. The first kappa shape index (κ1) is 14.7. The van der Waals surface area contributed by atoms with Crippen LogP contribution >= 0.6 is 24.0 Å². The number of rotatable bonds is 5. The highest BCUT2D eigenvalue weighted by atomic mass is 32.2. The number of carbonyl (C=O) groups is 1. The summed E-state index contributed by atoms with van der Waals surface area (Å²) in [6, 6.07) is 0. The van der Waals surface area contributed by atoms with Gasteiger partial charge in [-0.1, -0.05) is 24.0 Å². The van der Waals surface area contributed by atoms with Gasteiger partial charge in [-0.3, -0.25) is 4.79 Å². The van der Waals surface area contributed by atoms with E-state index in [-0.39, 0.29) is 11.2 Å². The number of carbonyl (C=O) groups excluding carboxylic acids is 1. The second-order valence-electron chi connectivity index (χ2n) is 2.95. The maximum atomic E-state index is 11.4. The van der Waals surface area contributed by atoms with E-state index in [1.165, 1.54) is 11.8 Å². The Labute approximate surface area is 102 Å². The van der Waals surface area contributed by atoms with Crippen molar-refractivity contribution in [3.8, 4) is 0 Å². The number of thiocarbonyl (C=S) groups is 1. The van der Waals surface area contributed by atoms with Crippen molar-refractivity contribution in [2.75, 3.05) is 19.7 Å². The molecule has 5 heteroatoms. The molecule has 0 saturated heterocycles. The zero-order chi connectivity index (χ0) is 11.8. The van der Waals surface area contributed by atoms with E-state index in [9.17, 15) is 4.79 Å². The SMILES string of the molecule is CCOC(=O)C(C)SC(=S)N(CC)CC. The van der Waals surface area contributed by atoms with Gasteiger partial charge in [-0.15, -0.1) is 0 Å². The van der Waals surface area contributed by atoms with Crippen molar-refractivity contribution in [3.63, 3.8) is 0 Å². The summed E-state index contributed by atoms with van der Waals surface area (Å²) >= 11 is 6.62. The Balaban J connectivity index is 4.10. The van der Waals surface area contributed by atoms with Crippen LogP contribution in [-0.2, 0) is 9.53 Å². The molecule has 1 atom stereocenters. The van der Waals surface area contributed by atoms with Crippen molar-refractivity contribution in [1.82, 2.24) is 4.90 Å². The number of hydrogen-bond donors (Lipinski definition) is 0. The van der Waals surface area contributed by atoms with Gasteiger partial charge < -0.3 is 9.64 Å². The van der Waals surface area contributed by atoms with Gasteiger partial charge in [0.15, 0.2) is 0 Å². The summed E-state index contributed by atoms with van der Waals surface area (Å²) in [5, 5.41) is -0.224. The third-order valence-electron chi connectivity index (χ3n) is 1.92. The minimum absolute atomic E-state index is 0.197. The molecule has 3 nitrogen and oxygen atoms in total. The molecule has 0 aliphatic carbocycles. The summed E-state index contributed by atoms with van der Waals surface area (Å²) in [5.74, 6) is -0.197. The van der Waals surface area contributed by atoms with Crippen LogP contribution in [0.5, 0.6) is 0 Å². The highest BCUT2D eigenvalue weighted by Crippen LogP contribution is 2.17. The molecule has 0 rings (SSSR count). The van der Waals surface area contributed by atoms with Gasteiger partial charge in [0.05, 0.1) is 6.61 Å². The molecule has 0 N–H and O–H groups in total. The number of hydrogen-bond acceptors (Lipinski definition) is 4. The van der Waals surface area contributed by atoms with E-state index in [0.29, 0.717) is 6.61 Å². The van der Waals surface area contributed by atoms with E-state index in [1.54, 1.807) is 6.92 Å². The van der Waals surface area contributed by atoms with Crippen molar-refractivity contribution in [3.05, 3.63) is 0 Å². The van der Waals surface area contributed by atoms with Gasteiger partial charge in [-0.2, -0.15) is 0 Å². The third-order valence-corrected chi connectivity index (χ3v) is 3.47. The molecule has 0 spiro atoms. The second-order valence-corrected chi connectivity index (χ2v) is 4.92. The van der Waals surface area contributed by atoms with Crippen molar-refractivity contribution in [2.45, 2.75) is 32.9 Å². The van der Waals surface area contributed by atoms with Crippen LogP contribution in [0, 0.1) is 0 Å². The molecule has 0 bridgehead atoms. The summed E-state index contributed by atoms with van der Waals surface area (Å²) in [7, 11) is 0. The lowest BCUT2D eigenvalue weighted by Crippen LogP contribution is -2.29. The zero-order valence-corrected chi connectivity index (χ0v) is 11.4. The number of ether oxygens (including phenoxy) is 1. The van der Waals surface area contributed by atoms with Gasteiger partial charge in [-0.05, 0) is 27.7 Å². The molecule has 0 aliphatic heterocycles. The number of nitrogens with zero attached hydrogens (tertiary/aromatic N) is 1. The molecule has 0 aliphatic rings.